The smallest absolute Gasteiger partial charge is 0.223 e. The molecule has 1 N–H and O–H groups in total. The van der Waals surface area contributed by atoms with Gasteiger partial charge in [-0.05, 0) is 38.0 Å². The highest BCUT2D eigenvalue weighted by Gasteiger charge is 2.23. The largest absolute Gasteiger partial charge is 0.383 e. The van der Waals surface area contributed by atoms with Gasteiger partial charge in [0.1, 0.15) is 0 Å². The van der Waals surface area contributed by atoms with Crippen LogP contribution in [0.25, 0.3) is 0 Å². The second-order valence-corrected chi connectivity index (χ2v) is 5.71. The van der Waals surface area contributed by atoms with Gasteiger partial charge >= 0.3 is 0 Å². The van der Waals surface area contributed by atoms with Crippen molar-refractivity contribution in [2.75, 3.05) is 20.3 Å². The van der Waals surface area contributed by atoms with Crippen LogP contribution in [0, 0.1) is 11.8 Å². The lowest BCUT2D eigenvalue weighted by molar-refractivity contribution is -0.126. The highest BCUT2D eigenvalue weighted by atomic mass is 35.5. The Morgan fingerprint density at radius 1 is 1.41 bits per heavy atom. The van der Waals surface area contributed by atoms with Gasteiger partial charge in [-0.2, -0.15) is 0 Å². The molecule has 4 heteroatoms. The fourth-order valence-electron chi connectivity index (χ4n) is 2.28. The van der Waals surface area contributed by atoms with Crippen molar-refractivity contribution in [1.29, 1.82) is 0 Å². The summed E-state index contributed by atoms with van der Waals surface area (Å²) in [7, 11) is 1.64. The third-order valence-electron chi connectivity index (χ3n) is 3.49. The SMILES string of the molecule is COCC(Cl)CCNC(=O)C1CCC(C)CC1. The van der Waals surface area contributed by atoms with Crippen molar-refractivity contribution >= 4 is 17.5 Å². The first-order valence-corrected chi connectivity index (χ1v) is 6.97. The van der Waals surface area contributed by atoms with E-state index in [0.29, 0.717) is 13.2 Å². The summed E-state index contributed by atoms with van der Waals surface area (Å²) in [5.74, 6) is 1.22. The molecule has 1 fully saturated rings. The first-order chi connectivity index (χ1) is 8.13. The van der Waals surface area contributed by atoms with E-state index in [1.807, 2.05) is 0 Å². The molecule has 0 aliphatic heterocycles. The molecule has 0 aromatic rings. The summed E-state index contributed by atoms with van der Waals surface area (Å²) in [5, 5.41) is 2.97. The van der Waals surface area contributed by atoms with E-state index < -0.39 is 0 Å². The van der Waals surface area contributed by atoms with Crippen LogP contribution in [0.3, 0.4) is 0 Å². The fraction of sp³-hybridized carbons (Fsp3) is 0.923. The van der Waals surface area contributed by atoms with Crippen molar-refractivity contribution < 1.29 is 9.53 Å². The number of amides is 1. The zero-order chi connectivity index (χ0) is 12.7. The number of ether oxygens (including phenoxy) is 1. The minimum absolute atomic E-state index is 0.00771. The average Bonchev–Trinajstić information content (AvgIpc) is 2.30. The van der Waals surface area contributed by atoms with Crippen molar-refractivity contribution in [3.63, 3.8) is 0 Å². The molecular formula is C13H24ClNO2. The molecule has 1 unspecified atom stereocenters. The second kappa shape index (κ2) is 7.93. The van der Waals surface area contributed by atoms with Crippen LogP contribution in [-0.4, -0.2) is 31.5 Å². The first-order valence-electron chi connectivity index (χ1n) is 6.54. The van der Waals surface area contributed by atoms with E-state index in [4.69, 9.17) is 16.3 Å². The highest BCUT2D eigenvalue weighted by molar-refractivity contribution is 6.20. The van der Waals surface area contributed by atoms with Crippen LogP contribution >= 0.6 is 11.6 Å². The Hall–Kier alpha value is -0.280. The number of halogens is 1. The number of nitrogens with one attached hydrogen (secondary N) is 1. The summed E-state index contributed by atoms with van der Waals surface area (Å²) in [6.45, 7) is 3.46. The van der Waals surface area contributed by atoms with E-state index in [1.165, 1.54) is 12.8 Å². The van der Waals surface area contributed by atoms with E-state index in [0.717, 1.165) is 25.2 Å². The molecule has 100 valence electrons. The molecule has 1 aliphatic carbocycles. The van der Waals surface area contributed by atoms with Crippen molar-refractivity contribution in [2.45, 2.75) is 44.4 Å². The molecule has 0 heterocycles. The summed E-state index contributed by atoms with van der Waals surface area (Å²) in [5.41, 5.74) is 0. The molecule has 1 saturated carbocycles. The quantitative estimate of drug-likeness (QED) is 0.747. The van der Waals surface area contributed by atoms with Crippen LogP contribution in [0.5, 0.6) is 0 Å². The van der Waals surface area contributed by atoms with Crippen LogP contribution in [0.2, 0.25) is 0 Å². The normalized spacial score (nSPS) is 26.5. The first kappa shape index (κ1) is 14.8. The number of hydrogen-bond acceptors (Lipinski definition) is 2. The molecule has 0 radical (unpaired) electrons. The molecule has 1 atom stereocenters. The van der Waals surface area contributed by atoms with E-state index in [1.54, 1.807) is 7.11 Å². The van der Waals surface area contributed by atoms with Crippen LogP contribution in [0.4, 0.5) is 0 Å². The molecule has 1 rings (SSSR count). The van der Waals surface area contributed by atoms with Crippen LogP contribution in [0.1, 0.15) is 39.0 Å². The van der Waals surface area contributed by atoms with Crippen LogP contribution < -0.4 is 5.32 Å². The number of hydrogen-bond donors (Lipinski definition) is 1. The van der Waals surface area contributed by atoms with Crippen molar-refractivity contribution in [3.8, 4) is 0 Å². The zero-order valence-electron chi connectivity index (χ0n) is 10.9. The summed E-state index contributed by atoms with van der Waals surface area (Å²) in [4.78, 5) is 11.9. The predicted octanol–water partition coefficient (Wildman–Crippen LogP) is 2.57. The Bertz CT molecular complexity index is 227. The molecule has 0 aromatic carbocycles. The maximum atomic E-state index is 11.9. The topological polar surface area (TPSA) is 38.3 Å². The third-order valence-corrected chi connectivity index (χ3v) is 3.84. The molecule has 0 saturated heterocycles. The molecular weight excluding hydrogens is 238 g/mol. The number of alkyl halides is 1. The van der Waals surface area contributed by atoms with Gasteiger partial charge in [0.2, 0.25) is 5.91 Å². The Kier molecular flexibility index (Phi) is 6.90. The van der Waals surface area contributed by atoms with Gasteiger partial charge in [0.05, 0.1) is 12.0 Å². The maximum Gasteiger partial charge on any atom is 0.223 e. The summed E-state index contributed by atoms with van der Waals surface area (Å²) in [6.07, 6.45) is 5.20. The molecule has 1 aliphatic rings. The van der Waals surface area contributed by atoms with Gasteiger partial charge in [-0.3, -0.25) is 4.79 Å². The second-order valence-electron chi connectivity index (χ2n) is 5.09. The number of rotatable bonds is 6. The van der Waals surface area contributed by atoms with Crippen molar-refractivity contribution in [2.24, 2.45) is 11.8 Å². The monoisotopic (exact) mass is 261 g/mol. The molecule has 0 aromatic heterocycles. The molecule has 3 nitrogen and oxygen atoms in total. The van der Waals surface area contributed by atoms with Gasteiger partial charge in [0, 0.05) is 19.6 Å². The summed E-state index contributed by atoms with van der Waals surface area (Å²) in [6, 6.07) is 0. The van der Waals surface area contributed by atoms with Crippen molar-refractivity contribution in [1.82, 2.24) is 5.32 Å². The molecule has 0 bridgehead atoms. The zero-order valence-corrected chi connectivity index (χ0v) is 11.6. The van der Waals surface area contributed by atoms with Crippen LogP contribution in [0.15, 0.2) is 0 Å². The summed E-state index contributed by atoms with van der Waals surface area (Å²) >= 11 is 5.99. The fourth-order valence-corrected chi connectivity index (χ4v) is 2.52. The Labute approximate surface area is 109 Å². The van der Waals surface area contributed by atoms with Gasteiger partial charge in [-0.25, -0.2) is 0 Å². The van der Waals surface area contributed by atoms with E-state index >= 15 is 0 Å². The lowest BCUT2D eigenvalue weighted by Gasteiger charge is -2.25. The van der Waals surface area contributed by atoms with Gasteiger partial charge in [-0.1, -0.05) is 6.92 Å². The van der Waals surface area contributed by atoms with E-state index in [2.05, 4.69) is 12.2 Å². The van der Waals surface area contributed by atoms with E-state index in [-0.39, 0.29) is 17.2 Å². The minimum atomic E-state index is -0.00771. The average molecular weight is 262 g/mol. The summed E-state index contributed by atoms with van der Waals surface area (Å²) < 4.78 is 4.94. The number of carbonyl (C=O) groups excluding carboxylic acids is 1. The minimum Gasteiger partial charge on any atom is -0.383 e. The van der Waals surface area contributed by atoms with Gasteiger partial charge in [-0.15, -0.1) is 11.6 Å². The lowest BCUT2D eigenvalue weighted by Crippen LogP contribution is -2.34. The standard InChI is InChI=1S/C13H24ClNO2/c1-10-3-5-11(6-4-10)13(16)15-8-7-12(14)9-17-2/h10-12H,3-9H2,1-2H3,(H,15,16). The molecule has 0 spiro atoms. The molecule has 1 amide bonds. The Morgan fingerprint density at radius 2 is 2.06 bits per heavy atom. The number of carbonyl (C=O) groups is 1. The third kappa shape index (κ3) is 5.73. The molecule has 17 heavy (non-hydrogen) atoms. The van der Waals surface area contributed by atoms with E-state index in [9.17, 15) is 4.79 Å². The predicted molar refractivity (Wildman–Crippen MR) is 70.3 cm³/mol. The Balaban J connectivity index is 2.12. The highest BCUT2D eigenvalue weighted by Crippen LogP contribution is 2.28. The number of methoxy groups -OCH3 is 1. The van der Waals surface area contributed by atoms with Gasteiger partial charge < -0.3 is 10.1 Å². The Morgan fingerprint density at radius 3 is 2.65 bits per heavy atom. The van der Waals surface area contributed by atoms with Crippen molar-refractivity contribution in [3.05, 3.63) is 0 Å². The van der Waals surface area contributed by atoms with Gasteiger partial charge in [0.25, 0.3) is 0 Å². The van der Waals surface area contributed by atoms with Gasteiger partial charge in [0.15, 0.2) is 0 Å². The van der Waals surface area contributed by atoms with Crippen LogP contribution in [-0.2, 0) is 9.53 Å². The maximum absolute atomic E-state index is 11.9. The lowest BCUT2D eigenvalue weighted by atomic mass is 9.82.